The van der Waals surface area contributed by atoms with Crippen LogP contribution in [-0.2, 0) is 11.2 Å². The third-order valence-corrected chi connectivity index (χ3v) is 4.57. The number of hydrogen-bond acceptors (Lipinski definition) is 2. The number of halogens is 2. The molecule has 0 aliphatic carbocycles. The van der Waals surface area contributed by atoms with Crippen LogP contribution in [0.15, 0.2) is 18.2 Å². The minimum atomic E-state index is 0.197. The van der Waals surface area contributed by atoms with Crippen LogP contribution in [0.1, 0.15) is 18.4 Å². The van der Waals surface area contributed by atoms with Crippen molar-refractivity contribution in [1.82, 2.24) is 4.90 Å². The first-order chi connectivity index (χ1) is 9.56. The van der Waals surface area contributed by atoms with Crippen molar-refractivity contribution in [3.8, 4) is 0 Å². The third-order valence-electron chi connectivity index (χ3n) is 3.83. The van der Waals surface area contributed by atoms with Gasteiger partial charge in [-0.15, -0.1) is 0 Å². The van der Waals surface area contributed by atoms with Crippen LogP contribution in [0.3, 0.4) is 0 Å². The summed E-state index contributed by atoms with van der Waals surface area (Å²) in [4.78, 5) is 15.6. The number of likely N-dealkylation sites (tertiary alicyclic amines) is 1. The highest BCUT2D eigenvalue weighted by molar-refractivity contribution is 6.42. The molecule has 0 aromatic heterocycles. The number of likely N-dealkylation sites (N-methyl/N-ethyl adjacent to an activating group) is 1. The quantitative estimate of drug-likeness (QED) is 0.894. The molecular formula is C15H21Cl2N2O+. The Labute approximate surface area is 130 Å². The summed E-state index contributed by atoms with van der Waals surface area (Å²) in [7, 11) is 1.94. The molecule has 0 spiro atoms. The maximum atomic E-state index is 12.2. The molecule has 0 saturated carbocycles. The van der Waals surface area contributed by atoms with Gasteiger partial charge in [0.15, 0.2) is 0 Å². The van der Waals surface area contributed by atoms with E-state index >= 15 is 0 Å². The fourth-order valence-corrected chi connectivity index (χ4v) is 2.78. The molecule has 1 fully saturated rings. The van der Waals surface area contributed by atoms with Crippen LogP contribution in [0.4, 0.5) is 0 Å². The molecule has 110 valence electrons. The number of quaternary nitrogens is 1. The molecule has 1 aliphatic heterocycles. The van der Waals surface area contributed by atoms with Crippen LogP contribution in [0.25, 0.3) is 0 Å². The van der Waals surface area contributed by atoms with Gasteiger partial charge < -0.3 is 0 Å². The van der Waals surface area contributed by atoms with Gasteiger partial charge in [0.05, 0.1) is 30.1 Å². The minimum absolute atomic E-state index is 0.197. The fraction of sp³-hybridized carbons (Fsp3) is 0.533. The largest absolute Gasteiger partial charge is 0.316 e. The zero-order chi connectivity index (χ0) is 14.5. The molecule has 1 atom stereocenters. The Hall–Kier alpha value is -0.610. The number of rotatable bonds is 5. The molecular weight excluding hydrogens is 295 g/mol. The highest BCUT2D eigenvalue weighted by Gasteiger charge is 2.18. The van der Waals surface area contributed by atoms with Crippen molar-refractivity contribution in [1.29, 1.82) is 0 Å². The first-order valence-electron chi connectivity index (χ1n) is 7.08. The Bertz CT molecular complexity index is 473. The molecule has 3 nitrogen and oxygen atoms in total. The van der Waals surface area contributed by atoms with E-state index in [1.165, 1.54) is 25.9 Å². The molecule has 0 bridgehead atoms. The summed E-state index contributed by atoms with van der Waals surface area (Å²) < 4.78 is 0. The van der Waals surface area contributed by atoms with Gasteiger partial charge >= 0.3 is 5.91 Å². The second-order valence-corrected chi connectivity index (χ2v) is 6.24. The van der Waals surface area contributed by atoms with E-state index in [4.69, 9.17) is 23.2 Å². The van der Waals surface area contributed by atoms with Gasteiger partial charge in [-0.05, 0) is 43.6 Å². The lowest BCUT2D eigenvalue weighted by molar-refractivity contribution is -0.797. The SMILES string of the molecule is C[NH+](CCN1CCCC1)C(=O)Cc1ccc(Cl)c(Cl)c1. The number of amides is 1. The van der Waals surface area contributed by atoms with Gasteiger partial charge in [0, 0.05) is 6.54 Å². The number of nitrogens with zero attached hydrogens (tertiary/aromatic N) is 1. The zero-order valence-corrected chi connectivity index (χ0v) is 13.3. The number of hydrogen-bond donors (Lipinski definition) is 1. The third kappa shape index (κ3) is 4.45. The zero-order valence-electron chi connectivity index (χ0n) is 11.8. The van der Waals surface area contributed by atoms with Crippen LogP contribution >= 0.6 is 23.2 Å². The monoisotopic (exact) mass is 315 g/mol. The maximum Gasteiger partial charge on any atom is 0.316 e. The topological polar surface area (TPSA) is 24.8 Å². The summed E-state index contributed by atoms with van der Waals surface area (Å²) in [6.45, 7) is 4.21. The fourth-order valence-electron chi connectivity index (χ4n) is 2.46. The molecule has 5 heteroatoms. The van der Waals surface area contributed by atoms with Crippen molar-refractivity contribution in [3.63, 3.8) is 0 Å². The first kappa shape index (κ1) is 15.8. The van der Waals surface area contributed by atoms with Crippen molar-refractivity contribution < 1.29 is 9.69 Å². The molecule has 1 aliphatic rings. The van der Waals surface area contributed by atoms with Gasteiger partial charge in [0.1, 0.15) is 0 Å². The van der Waals surface area contributed by atoms with Gasteiger partial charge in [0.25, 0.3) is 0 Å². The standard InChI is InChI=1S/C15H20Cl2N2O/c1-18(8-9-19-6-2-3-7-19)15(20)11-12-4-5-13(16)14(17)10-12/h4-5,10H,2-3,6-9,11H2,1H3/p+1. The maximum absolute atomic E-state index is 12.2. The van der Waals surface area contributed by atoms with Crippen LogP contribution < -0.4 is 4.90 Å². The first-order valence-corrected chi connectivity index (χ1v) is 7.84. The Morgan fingerprint density at radius 3 is 2.60 bits per heavy atom. The smallest absolute Gasteiger partial charge is 0.298 e. The Morgan fingerprint density at radius 1 is 1.25 bits per heavy atom. The summed E-state index contributed by atoms with van der Waals surface area (Å²) in [6, 6.07) is 5.38. The van der Waals surface area contributed by atoms with E-state index < -0.39 is 0 Å². The summed E-state index contributed by atoms with van der Waals surface area (Å²) >= 11 is 11.8. The van der Waals surface area contributed by atoms with Crippen molar-refractivity contribution >= 4 is 29.1 Å². The average Bonchev–Trinajstić information content (AvgIpc) is 2.93. The Balaban J connectivity index is 1.81. The highest BCUT2D eigenvalue weighted by Crippen LogP contribution is 2.22. The number of nitrogens with one attached hydrogen (secondary N) is 1. The Morgan fingerprint density at radius 2 is 1.95 bits per heavy atom. The summed E-state index contributed by atoms with van der Waals surface area (Å²) in [5, 5.41) is 1.03. The van der Waals surface area contributed by atoms with Gasteiger partial charge in [-0.1, -0.05) is 29.3 Å². The van der Waals surface area contributed by atoms with Crippen LogP contribution in [0.5, 0.6) is 0 Å². The predicted octanol–water partition coefficient (Wildman–Crippen LogP) is 1.67. The summed E-state index contributed by atoms with van der Waals surface area (Å²) in [5.41, 5.74) is 0.921. The predicted molar refractivity (Wildman–Crippen MR) is 82.6 cm³/mol. The molecule has 1 saturated heterocycles. The lowest BCUT2D eigenvalue weighted by Gasteiger charge is -2.17. The lowest BCUT2D eigenvalue weighted by Crippen LogP contribution is -3.12. The molecule has 1 aromatic carbocycles. The van der Waals surface area contributed by atoms with Gasteiger partial charge in [-0.3, -0.25) is 9.80 Å². The van der Waals surface area contributed by atoms with E-state index in [0.29, 0.717) is 16.5 Å². The minimum Gasteiger partial charge on any atom is -0.298 e. The lowest BCUT2D eigenvalue weighted by atomic mass is 10.1. The second kappa shape index (κ2) is 7.41. The number of carbonyl (C=O) groups excluding carboxylic acids is 1. The van der Waals surface area contributed by atoms with Crippen molar-refractivity contribution in [3.05, 3.63) is 33.8 Å². The van der Waals surface area contributed by atoms with Crippen LogP contribution in [-0.4, -0.2) is 44.0 Å². The molecule has 20 heavy (non-hydrogen) atoms. The van der Waals surface area contributed by atoms with Crippen LogP contribution in [0, 0.1) is 0 Å². The molecule has 1 amide bonds. The average molecular weight is 316 g/mol. The van der Waals surface area contributed by atoms with Crippen molar-refractivity contribution in [2.75, 3.05) is 33.2 Å². The Kier molecular flexibility index (Phi) is 5.85. The summed E-state index contributed by atoms with van der Waals surface area (Å²) in [6.07, 6.45) is 2.98. The molecule has 1 aromatic rings. The molecule has 1 unspecified atom stereocenters. The summed E-state index contributed by atoms with van der Waals surface area (Å²) in [5.74, 6) is 0.197. The van der Waals surface area contributed by atoms with E-state index in [1.54, 1.807) is 12.1 Å². The van der Waals surface area contributed by atoms with E-state index in [1.807, 2.05) is 13.1 Å². The van der Waals surface area contributed by atoms with E-state index in [2.05, 4.69) is 4.90 Å². The normalized spacial score (nSPS) is 17.4. The van der Waals surface area contributed by atoms with Crippen molar-refractivity contribution in [2.45, 2.75) is 19.3 Å². The van der Waals surface area contributed by atoms with Gasteiger partial charge in [0.2, 0.25) is 0 Å². The van der Waals surface area contributed by atoms with Gasteiger partial charge in [-0.2, -0.15) is 0 Å². The van der Waals surface area contributed by atoms with E-state index in [-0.39, 0.29) is 5.91 Å². The number of carbonyl (C=O) groups is 1. The van der Waals surface area contributed by atoms with Gasteiger partial charge in [-0.25, -0.2) is 4.79 Å². The molecule has 0 radical (unpaired) electrons. The molecule has 2 rings (SSSR count). The van der Waals surface area contributed by atoms with E-state index in [0.717, 1.165) is 23.6 Å². The molecule has 1 heterocycles. The second-order valence-electron chi connectivity index (χ2n) is 5.43. The number of benzene rings is 1. The molecule has 1 N–H and O–H groups in total. The van der Waals surface area contributed by atoms with E-state index in [9.17, 15) is 4.79 Å². The highest BCUT2D eigenvalue weighted by atomic mass is 35.5. The van der Waals surface area contributed by atoms with Crippen LogP contribution in [0.2, 0.25) is 10.0 Å². The van der Waals surface area contributed by atoms with Crippen molar-refractivity contribution in [2.24, 2.45) is 0 Å².